The summed E-state index contributed by atoms with van der Waals surface area (Å²) in [6, 6.07) is 5.75. The van der Waals surface area contributed by atoms with Gasteiger partial charge in [0.1, 0.15) is 23.3 Å². The quantitative estimate of drug-likeness (QED) is 0.170. The molecule has 0 saturated carbocycles. The largest absolute Gasteiger partial charge is 0.494 e. The highest BCUT2D eigenvalue weighted by Gasteiger charge is 2.18. The lowest BCUT2D eigenvalue weighted by molar-refractivity contribution is -0.0976. The average molecular weight is 480 g/mol. The Kier molecular flexibility index (Phi) is 10.5. The molecule has 34 heavy (non-hydrogen) atoms. The van der Waals surface area contributed by atoms with E-state index in [0.717, 1.165) is 12.2 Å². The van der Waals surface area contributed by atoms with Crippen molar-refractivity contribution in [2.45, 2.75) is 19.6 Å². The zero-order valence-electron chi connectivity index (χ0n) is 19.3. The number of nitrogens with one attached hydrogen (secondary N) is 1. The summed E-state index contributed by atoms with van der Waals surface area (Å²) in [7, 11) is 2.37. The molecule has 13 heteroatoms. The first-order chi connectivity index (χ1) is 16.4. The van der Waals surface area contributed by atoms with Crippen LogP contribution in [-0.2, 0) is 16.0 Å². The highest BCUT2D eigenvalue weighted by Crippen LogP contribution is 2.18. The monoisotopic (exact) mass is 479 g/mol. The number of aliphatic hydroxyl groups is 1. The minimum atomic E-state index is -0.482. The number of rotatable bonds is 8. The number of aromatic nitrogens is 2. The van der Waals surface area contributed by atoms with Crippen molar-refractivity contribution in [1.82, 2.24) is 20.4 Å². The van der Waals surface area contributed by atoms with E-state index in [1.807, 2.05) is 0 Å². The smallest absolute Gasteiger partial charge is 0.270 e. The number of ether oxygens (including phenoxy) is 3. The molecule has 1 fully saturated rings. The molecule has 3 rings (SSSR count). The number of nitrogens with zero attached hydrogens (tertiary/aromatic N) is 4. The SMILES string of the molecule is CO.COc1cc(CNC(=O)c2cc(/C(N)=N/N(N)C[C@@H]3COCCO3)nc(C)n2)ccc1F. The minimum Gasteiger partial charge on any atom is -0.494 e. The number of benzene rings is 1. The Morgan fingerprint density at radius 3 is 2.74 bits per heavy atom. The van der Waals surface area contributed by atoms with Crippen molar-refractivity contribution in [2.24, 2.45) is 16.7 Å². The molecule has 1 amide bonds. The summed E-state index contributed by atoms with van der Waals surface area (Å²) in [5, 5.41) is 15.0. The summed E-state index contributed by atoms with van der Waals surface area (Å²) >= 11 is 0. The van der Waals surface area contributed by atoms with Crippen LogP contribution in [0.4, 0.5) is 4.39 Å². The lowest BCUT2D eigenvalue weighted by Gasteiger charge is -2.25. The molecule has 1 aliphatic rings. The summed E-state index contributed by atoms with van der Waals surface area (Å²) in [4.78, 5) is 21.0. The lowest BCUT2D eigenvalue weighted by Crippen LogP contribution is -2.41. The first-order valence-electron chi connectivity index (χ1n) is 10.3. The van der Waals surface area contributed by atoms with Crippen LogP contribution < -0.4 is 21.6 Å². The number of amides is 1. The van der Waals surface area contributed by atoms with Gasteiger partial charge in [0.25, 0.3) is 5.91 Å². The van der Waals surface area contributed by atoms with Crippen molar-refractivity contribution in [1.29, 1.82) is 0 Å². The fourth-order valence-corrected chi connectivity index (χ4v) is 2.98. The zero-order valence-corrected chi connectivity index (χ0v) is 19.3. The maximum absolute atomic E-state index is 13.5. The number of amidine groups is 1. The second-order valence-corrected chi connectivity index (χ2v) is 7.01. The van der Waals surface area contributed by atoms with Gasteiger partial charge in [-0.15, -0.1) is 5.10 Å². The van der Waals surface area contributed by atoms with E-state index in [9.17, 15) is 9.18 Å². The van der Waals surface area contributed by atoms with Crippen LogP contribution in [0.2, 0.25) is 0 Å². The lowest BCUT2D eigenvalue weighted by atomic mass is 10.2. The minimum absolute atomic E-state index is 0.0204. The van der Waals surface area contributed by atoms with Crippen molar-refractivity contribution >= 4 is 11.7 Å². The molecule has 0 unspecified atom stereocenters. The van der Waals surface area contributed by atoms with E-state index in [-0.39, 0.29) is 42.2 Å². The Bertz CT molecular complexity index is 986. The Hall–Kier alpha value is -3.39. The number of aliphatic hydroxyl groups excluding tert-OH is 1. The second-order valence-electron chi connectivity index (χ2n) is 7.01. The fraction of sp³-hybridized carbons (Fsp3) is 0.429. The Balaban J connectivity index is 0.00000199. The summed E-state index contributed by atoms with van der Waals surface area (Å²) in [6.07, 6.45) is -0.219. The van der Waals surface area contributed by atoms with Crippen molar-refractivity contribution in [3.05, 3.63) is 52.9 Å². The van der Waals surface area contributed by atoms with Crippen molar-refractivity contribution < 1.29 is 28.5 Å². The van der Waals surface area contributed by atoms with Gasteiger partial charge in [-0.1, -0.05) is 6.07 Å². The molecule has 1 aromatic carbocycles. The number of aryl methyl sites for hydroxylation is 1. The fourth-order valence-electron chi connectivity index (χ4n) is 2.98. The molecule has 6 N–H and O–H groups in total. The number of carbonyl (C=O) groups excluding carboxylic acids is 1. The van der Waals surface area contributed by atoms with E-state index in [0.29, 0.717) is 31.2 Å². The van der Waals surface area contributed by atoms with Gasteiger partial charge in [0.15, 0.2) is 17.4 Å². The van der Waals surface area contributed by atoms with Crippen LogP contribution in [0.1, 0.15) is 27.6 Å². The Morgan fingerprint density at radius 1 is 1.32 bits per heavy atom. The van der Waals surface area contributed by atoms with Crippen LogP contribution in [0, 0.1) is 12.7 Å². The van der Waals surface area contributed by atoms with Crippen LogP contribution in [-0.4, -0.2) is 78.6 Å². The predicted octanol–water partition coefficient (Wildman–Crippen LogP) is -0.317. The molecule has 1 aliphatic heterocycles. The number of hydrogen-bond acceptors (Lipinski definition) is 10. The van der Waals surface area contributed by atoms with Crippen LogP contribution in [0.15, 0.2) is 29.4 Å². The third-order valence-corrected chi connectivity index (χ3v) is 4.51. The molecule has 1 atom stereocenters. The molecular formula is C21H30FN7O5. The normalized spacial score (nSPS) is 15.7. The van der Waals surface area contributed by atoms with Gasteiger partial charge in [0, 0.05) is 13.7 Å². The summed E-state index contributed by atoms with van der Waals surface area (Å²) in [5.74, 6) is 5.41. The maximum Gasteiger partial charge on any atom is 0.270 e. The predicted molar refractivity (Wildman–Crippen MR) is 121 cm³/mol. The van der Waals surface area contributed by atoms with Gasteiger partial charge in [-0.3, -0.25) is 4.79 Å². The molecule has 0 bridgehead atoms. The first-order valence-corrected chi connectivity index (χ1v) is 10.3. The van der Waals surface area contributed by atoms with Gasteiger partial charge in [-0.05, 0) is 30.7 Å². The van der Waals surface area contributed by atoms with Gasteiger partial charge >= 0.3 is 0 Å². The zero-order chi connectivity index (χ0) is 25.1. The average Bonchev–Trinajstić information content (AvgIpc) is 2.84. The third kappa shape index (κ3) is 7.88. The number of methoxy groups -OCH3 is 1. The summed E-state index contributed by atoms with van der Waals surface area (Å²) < 4.78 is 29.3. The van der Waals surface area contributed by atoms with Crippen molar-refractivity contribution in [2.75, 3.05) is 40.6 Å². The van der Waals surface area contributed by atoms with Crippen LogP contribution in [0.3, 0.4) is 0 Å². The summed E-state index contributed by atoms with van der Waals surface area (Å²) in [6.45, 7) is 3.51. The van der Waals surface area contributed by atoms with Crippen LogP contribution in [0.25, 0.3) is 0 Å². The van der Waals surface area contributed by atoms with Gasteiger partial charge in [0.05, 0.1) is 33.5 Å². The van der Waals surface area contributed by atoms with Crippen LogP contribution >= 0.6 is 0 Å². The number of halogens is 1. The maximum atomic E-state index is 13.5. The third-order valence-electron chi connectivity index (χ3n) is 4.51. The van der Waals surface area contributed by atoms with E-state index in [4.69, 9.17) is 30.9 Å². The Labute approximate surface area is 196 Å². The Morgan fingerprint density at radius 2 is 2.06 bits per heavy atom. The van der Waals surface area contributed by atoms with Crippen LogP contribution in [0.5, 0.6) is 5.75 Å². The van der Waals surface area contributed by atoms with E-state index in [2.05, 4.69) is 20.4 Å². The van der Waals surface area contributed by atoms with Gasteiger partial charge in [-0.2, -0.15) is 0 Å². The van der Waals surface area contributed by atoms with Crippen molar-refractivity contribution in [3.63, 3.8) is 0 Å². The molecular weight excluding hydrogens is 449 g/mol. The molecule has 2 aromatic rings. The molecule has 1 saturated heterocycles. The van der Waals surface area contributed by atoms with Gasteiger partial charge in [-0.25, -0.2) is 25.3 Å². The number of hydrazine groups is 1. The second kappa shape index (κ2) is 13.3. The van der Waals surface area contributed by atoms with E-state index in [1.54, 1.807) is 13.0 Å². The molecule has 2 heterocycles. The number of nitrogens with two attached hydrogens (primary N) is 2. The highest BCUT2D eigenvalue weighted by atomic mass is 19.1. The molecule has 12 nitrogen and oxygen atoms in total. The summed E-state index contributed by atoms with van der Waals surface area (Å²) in [5.41, 5.74) is 7.05. The number of carbonyl (C=O) groups is 1. The molecule has 0 radical (unpaired) electrons. The van der Waals surface area contributed by atoms with E-state index >= 15 is 0 Å². The van der Waals surface area contributed by atoms with Gasteiger partial charge < -0.3 is 30.4 Å². The number of hydrazone groups is 1. The topological polar surface area (TPSA) is 170 Å². The highest BCUT2D eigenvalue weighted by molar-refractivity contribution is 5.99. The molecule has 1 aromatic heterocycles. The molecule has 0 aliphatic carbocycles. The van der Waals surface area contributed by atoms with Gasteiger partial charge in [0.2, 0.25) is 0 Å². The molecule has 0 spiro atoms. The molecule has 186 valence electrons. The first kappa shape index (κ1) is 26.9. The van der Waals surface area contributed by atoms with E-state index in [1.165, 1.54) is 25.3 Å². The number of hydrogen-bond donors (Lipinski definition) is 4. The standard InChI is InChI=1S/C20H26FN7O4.CH4O/c1-12-25-16(19(22)27-28(23)10-14-11-31-5-6-32-14)8-17(26-12)20(29)24-9-13-3-4-15(21)18(7-13)30-2;1-2/h3-4,7-8,14H,5-6,9-11,23H2,1-2H3,(H2,22,27)(H,24,29);2H,1H3/t14-;/m1./s1. The van der Waals surface area contributed by atoms with Crippen molar-refractivity contribution in [3.8, 4) is 5.75 Å². The van der Waals surface area contributed by atoms with E-state index < -0.39 is 11.7 Å².